The molecule has 0 radical (unpaired) electrons. The normalized spacial score (nSPS) is 10.3. The monoisotopic (exact) mass is 356 g/mol. The Kier molecular flexibility index (Phi) is 7.17. The van der Waals surface area contributed by atoms with E-state index in [9.17, 15) is 9.59 Å². The van der Waals surface area contributed by atoms with Crippen LogP contribution in [0.3, 0.4) is 0 Å². The molecule has 0 spiro atoms. The zero-order valence-electron chi connectivity index (χ0n) is 15.3. The summed E-state index contributed by atoms with van der Waals surface area (Å²) in [5.41, 5.74) is 2.74. The molecule has 2 aromatic carbocycles. The summed E-state index contributed by atoms with van der Waals surface area (Å²) in [5, 5.41) is 3.30. The third-order valence-electron chi connectivity index (χ3n) is 3.84. The lowest BCUT2D eigenvalue weighted by Gasteiger charge is -2.21. The second-order valence-corrected chi connectivity index (χ2v) is 5.68. The van der Waals surface area contributed by atoms with Gasteiger partial charge in [-0.05, 0) is 30.7 Å². The molecule has 0 fully saturated rings. The van der Waals surface area contributed by atoms with Crippen LogP contribution >= 0.6 is 0 Å². The molecule has 0 saturated heterocycles. The van der Waals surface area contributed by atoms with Crippen LogP contribution in [-0.4, -0.2) is 39.2 Å². The number of nitrogens with one attached hydrogen (secondary N) is 1. The Morgan fingerprint density at radius 2 is 1.85 bits per heavy atom. The maximum Gasteiger partial charge on any atom is 0.340 e. The molecule has 26 heavy (non-hydrogen) atoms. The molecule has 138 valence electrons. The summed E-state index contributed by atoms with van der Waals surface area (Å²) >= 11 is 0. The zero-order valence-corrected chi connectivity index (χ0v) is 15.3. The molecule has 0 aromatic heterocycles. The predicted molar refractivity (Wildman–Crippen MR) is 101 cm³/mol. The lowest BCUT2D eigenvalue weighted by molar-refractivity contribution is -0.121. The molecule has 0 heterocycles. The van der Waals surface area contributed by atoms with Crippen LogP contribution in [0.4, 0.5) is 11.4 Å². The van der Waals surface area contributed by atoms with Gasteiger partial charge in [0.1, 0.15) is 6.61 Å². The first-order valence-corrected chi connectivity index (χ1v) is 8.41. The smallest absolute Gasteiger partial charge is 0.340 e. The fraction of sp³-hybridized carbons (Fsp3) is 0.300. The van der Waals surface area contributed by atoms with E-state index < -0.39 is 5.97 Å². The van der Waals surface area contributed by atoms with Gasteiger partial charge in [0.25, 0.3) is 5.91 Å². The van der Waals surface area contributed by atoms with Gasteiger partial charge in [-0.25, -0.2) is 4.79 Å². The fourth-order valence-corrected chi connectivity index (χ4v) is 2.46. The van der Waals surface area contributed by atoms with Crippen molar-refractivity contribution >= 4 is 23.3 Å². The van der Waals surface area contributed by atoms with Crippen LogP contribution < -0.4 is 10.2 Å². The number of benzene rings is 2. The van der Waals surface area contributed by atoms with E-state index in [-0.39, 0.29) is 19.1 Å². The van der Waals surface area contributed by atoms with Gasteiger partial charge in [-0.15, -0.1) is 0 Å². The number of rotatable bonds is 8. The van der Waals surface area contributed by atoms with Crippen molar-refractivity contribution in [1.82, 2.24) is 0 Å². The van der Waals surface area contributed by atoms with Gasteiger partial charge in [-0.1, -0.05) is 30.3 Å². The molecular formula is C20H24N2O4. The van der Waals surface area contributed by atoms with E-state index >= 15 is 0 Å². The van der Waals surface area contributed by atoms with Crippen LogP contribution in [-0.2, 0) is 20.8 Å². The first-order chi connectivity index (χ1) is 12.6. The molecule has 0 unspecified atom stereocenters. The van der Waals surface area contributed by atoms with Gasteiger partial charge in [0.2, 0.25) is 0 Å². The number of esters is 1. The predicted octanol–water partition coefficient (Wildman–Crippen LogP) is 3.08. The average Bonchev–Trinajstić information content (AvgIpc) is 2.66. The fourth-order valence-electron chi connectivity index (χ4n) is 2.46. The van der Waals surface area contributed by atoms with Gasteiger partial charge in [-0.2, -0.15) is 0 Å². The molecule has 2 rings (SSSR count). The number of hydrogen-bond acceptors (Lipinski definition) is 5. The van der Waals surface area contributed by atoms with Crippen molar-refractivity contribution in [1.29, 1.82) is 0 Å². The van der Waals surface area contributed by atoms with E-state index in [1.165, 1.54) is 12.0 Å². The molecule has 0 atom stereocenters. The van der Waals surface area contributed by atoms with Crippen LogP contribution in [0.15, 0.2) is 48.5 Å². The van der Waals surface area contributed by atoms with Crippen LogP contribution in [0, 0.1) is 0 Å². The van der Waals surface area contributed by atoms with E-state index in [0.29, 0.717) is 17.8 Å². The first kappa shape index (κ1) is 19.5. The number of ether oxygens (including phenoxy) is 2. The van der Waals surface area contributed by atoms with E-state index in [4.69, 9.17) is 9.47 Å². The second kappa shape index (κ2) is 9.58. The highest BCUT2D eigenvalue weighted by Gasteiger charge is 2.20. The molecule has 0 aliphatic rings. The highest BCUT2D eigenvalue weighted by molar-refractivity contribution is 6.03. The third-order valence-corrected chi connectivity index (χ3v) is 3.84. The van der Waals surface area contributed by atoms with Crippen molar-refractivity contribution in [2.24, 2.45) is 0 Å². The number of amides is 1. The van der Waals surface area contributed by atoms with Crippen LogP contribution in [0.5, 0.6) is 0 Å². The van der Waals surface area contributed by atoms with Gasteiger partial charge in [0.05, 0.1) is 17.9 Å². The Balaban J connectivity index is 2.27. The lowest BCUT2D eigenvalue weighted by Crippen LogP contribution is -2.31. The summed E-state index contributed by atoms with van der Waals surface area (Å²) in [5.74, 6) is -0.715. The number of likely N-dealkylation sites (N-methyl/N-ethyl adjacent to an activating group) is 1. The van der Waals surface area contributed by atoms with Gasteiger partial charge in [0.15, 0.2) is 0 Å². The molecule has 2 aromatic rings. The molecule has 0 aliphatic heterocycles. The Labute approximate surface area is 153 Å². The van der Waals surface area contributed by atoms with E-state index in [0.717, 1.165) is 11.3 Å². The number of carbonyl (C=O) groups excluding carboxylic acids is 2. The topological polar surface area (TPSA) is 67.9 Å². The molecule has 6 heteroatoms. The Bertz CT molecular complexity index is 747. The molecule has 0 saturated carbocycles. The highest BCUT2D eigenvalue weighted by Crippen LogP contribution is 2.26. The summed E-state index contributed by atoms with van der Waals surface area (Å²) in [7, 11) is 3.07. The largest absolute Gasteiger partial charge is 0.462 e. The molecule has 6 nitrogen and oxygen atoms in total. The van der Waals surface area contributed by atoms with Gasteiger partial charge in [-0.3, -0.25) is 4.79 Å². The number of anilines is 2. The number of carbonyl (C=O) groups is 2. The Morgan fingerprint density at radius 3 is 2.50 bits per heavy atom. The summed E-state index contributed by atoms with van der Waals surface area (Å²) in [6.07, 6.45) is 0. The molecule has 0 aliphatic carbocycles. The third kappa shape index (κ3) is 5.07. The quantitative estimate of drug-likeness (QED) is 0.736. The van der Waals surface area contributed by atoms with E-state index in [2.05, 4.69) is 5.32 Å². The van der Waals surface area contributed by atoms with Gasteiger partial charge < -0.3 is 19.7 Å². The number of methoxy groups -OCH3 is 1. The van der Waals surface area contributed by atoms with Crippen molar-refractivity contribution in [3.8, 4) is 0 Å². The first-order valence-electron chi connectivity index (χ1n) is 8.41. The second-order valence-electron chi connectivity index (χ2n) is 5.68. The zero-order chi connectivity index (χ0) is 18.9. The molecule has 1 N–H and O–H groups in total. The van der Waals surface area contributed by atoms with Crippen LogP contribution in [0.2, 0.25) is 0 Å². The lowest BCUT2D eigenvalue weighted by atomic mass is 10.1. The Hall–Kier alpha value is -2.86. The van der Waals surface area contributed by atoms with E-state index in [1.54, 1.807) is 32.2 Å². The molecule has 1 amide bonds. The van der Waals surface area contributed by atoms with Crippen molar-refractivity contribution in [2.75, 3.05) is 37.6 Å². The van der Waals surface area contributed by atoms with Crippen molar-refractivity contribution in [2.45, 2.75) is 13.5 Å². The summed E-state index contributed by atoms with van der Waals surface area (Å²) < 4.78 is 10.0. The summed E-state index contributed by atoms with van der Waals surface area (Å²) in [4.78, 5) is 25.8. The standard InChI is InChI=1S/C20H24N2O4/c1-4-26-20(24)17-11-10-16(21-13-15-8-6-5-7-9-15)12-18(17)22(2)19(23)14-25-3/h5-12,21H,4,13-14H2,1-3H3. The molecular weight excluding hydrogens is 332 g/mol. The van der Waals surface area contributed by atoms with Crippen LogP contribution in [0.1, 0.15) is 22.8 Å². The van der Waals surface area contributed by atoms with E-state index in [1.807, 2.05) is 30.3 Å². The number of hydrogen-bond donors (Lipinski definition) is 1. The SMILES string of the molecule is CCOC(=O)c1ccc(NCc2ccccc2)cc1N(C)C(=O)COC. The minimum atomic E-state index is -0.464. The van der Waals surface area contributed by atoms with Crippen LogP contribution in [0.25, 0.3) is 0 Å². The van der Waals surface area contributed by atoms with Gasteiger partial charge in [0, 0.05) is 26.4 Å². The highest BCUT2D eigenvalue weighted by atomic mass is 16.5. The maximum absolute atomic E-state index is 12.2. The molecule has 0 bridgehead atoms. The average molecular weight is 356 g/mol. The van der Waals surface area contributed by atoms with Crippen molar-refractivity contribution in [3.05, 3.63) is 59.7 Å². The summed E-state index contributed by atoms with van der Waals surface area (Å²) in [6, 6.07) is 15.2. The summed E-state index contributed by atoms with van der Waals surface area (Å²) in [6.45, 7) is 2.57. The van der Waals surface area contributed by atoms with Crippen molar-refractivity contribution < 1.29 is 19.1 Å². The number of nitrogens with zero attached hydrogens (tertiary/aromatic N) is 1. The maximum atomic E-state index is 12.2. The Morgan fingerprint density at radius 1 is 1.12 bits per heavy atom. The minimum absolute atomic E-state index is 0.0690. The van der Waals surface area contributed by atoms with Gasteiger partial charge >= 0.3 is 5.97 Å². The van der Waals surface area contributed by atoms with Crippen molar-refractivity contribution in [3.63, 3.8) is 0 Å². The minimum Gasteiger partial charge on any atom is -0.462 e.